The van der Waals surface area contributed by atoms with Crippen LogP contribution < -0.4 is 4.74 Å². The number of benzene rings is 2. The average molecular weight is 320 g/mol. The van der Waals surface area contributed by atoms with Crippen molar-refractivity contribution in [1.29, 1.82) is 0 Å². The number of hydrogen-bond acceptors (Lipinski definition) is 4. The molecule has 0 aliphatic heterocycles. The second kappa shape index (κ2) is 6.58. The van der Waals surface area contributed by atoms with Gasteiger partial charge in [0.25, 0.3) is 5.69 Å². The number of carbonyl (C=O) groups excluding carboxylic acids is 1. The van der Waals surface area contributed by atoms with Gasteiger partial charge in [-0.2, -0.15) is 0 Å². The van der Waals surface area contributed by atoms with Crippen LogP contribution in [0.5, 0.6) is 5.75 Å². The van der Waals surface area contributed by atoms with Crippen molar-refractivity contribution in [3.05, 3.63) is 68.2 Å². The van der Waals surface area contributed by atoms with Crippen LogP contribution in [0.4, 0.5) is 5.69 Å². The van der Waals surface area contributed by atoms with Crippen LogP contribution in [0.25, 0.3) is 0 Å². The van der Waals surface area contributed by atoms with E-state index in [2.05, 4.69) is 0 Å². The molecule has 0 radical (unpaired) electrons. The Morgan fingerprint density at radius 3 is 2.59 bits per heavy atom. The standard InChI is InChI=1S/C16H14ClNO4/c1-10-3-4-12(7-15(10)18(20)21)9-22-16-6-5-13(11(2)19)8-14(16)17/h3-8H,9H2,1-2H3. The minimum Gasteiger partial charge on any atom is -0.487 e. The van der Waals surface area contributed by atoms with Crippen molar-refractivity contribution in [2.45, 2.75) is 20.5 Å². The van der Waals surface area contributed by atoms with E-state index in [1.165, 1.54) is 19.1 Å². The van der Waals surface area contributed by atoms with Gasteiger partial charge in [-0.25, -0.2) is 0 Å². The van der Waals surface area contributed by atoms with Crippen molar-refractivity contribution in [3.63, 3.8) is 0 Å². The first kappa shape index (κ1) is 16.0. The summed E-state index contributed by atoms with van der Waals surface area (Å²) in [6, 6.07) is 9.70. The molecule has 0 bridgehead atoms. The fourth-order valence-electron chi connectivity index (χ4n) is 1.94. The third kappa shape index (κ3) is 3.62. The molecule has 6 heteroatoms. The SMILES string of the molecule is CC(=O)c1ccc(OCc2ccc(C)c([N+](=O)[O-])c2)c(Cl)c1. The number of nitro groups is 1. The molecule has 0 saturated carbocycles. The van der Waals surface area contributed by atoms with Crippen LogP contribution in [0.1, 0.15) is 28.4 Å². The predicted octanol–water partition coefficient (Wildman–Crippen LogP) is 4.34. The molecule has 0 amide bonds. The number of ether oxygens (including phenoxy) is 1. The third-order valence-electron chi connectivity index (χ3n) is 3.20. The molecule has 2 aromatic carbocycles. The van der Waals surface area contributed by atoms with E-state index in [0.717, 1.165) is 0 Å². The number of rotatable bonds is 5. The van der Waals surface area contributed by atoms with E-state index in [9.17, 15) is 14.9 Å². The lowest BCUT2D eigenvalue weighted by Gasteiger charge is -2.09. The zero-order valence-electron chi connectivity index (χ0n) is 12.1. The number of ketones is 1. The van der Waals surface area contributed by atoms with Gasteiger partial charge >= 0.3 is 0 Å². The minimum atomic E-state index is -0.423. The molecule has 2 aromatic rings. The lowest BCUT2D eigenvalue weighted by molar-refractivity contribution is -0.385. The summed E-state index contributed by atoms with van der Waals surface area (Å²) < 4.78 is 5.57. The quantitative estimate of drug-likeness (QED) is 0.467. The molecule has 0 spiro atoms. The van der Waals surface area contributed by atoms with Crippen molar-refractivity contribution >= 4 is 23.1 Å². The Labute approximate surface area is 132 Å². The van der Waals surface area contributed by atoms with Crippen LogP contribution in [-0.4, -0.2) is 10.7 Å². The second-order valence-corrected chi connectivity index (χ2v) is 5.28. The van der Waals surface area contributed by atoms with Crippen LogP contribution in [-0.2, 0) is 6.61 Å². The maximum Gasteiger partial charge on any atom is 0.272 e. The highest BCUT2D eigenvalue weighted by Crippen LogP contribution is 2.27. The molecule has 0 unspecified atom stereocenters. The van der Waals surface area contributed by atoms with E-state index in [1.54, 1.807) is 31.2 Å². The third-order valence-corrected chi connectivity index (χ3v) is 3.50. The zero-order valence-corrected chi connectivity index (χ0v) is 12.9. The number of hydrogen-bond donors (Lipinski definition) is 0. The summed E-state index contributed by atoms with van der Waals surface area (Å²) in [5.41, 5.74) is 1.82. The molecule has 22 heavy (non-hydrogen) atoms. The van der Waals surface area contributed by atoms with Crippen molar-refractivity contribution in [2.24, 2.45) is 0 Å². The van der Waals surface area contributed by atoms with Gasteiger partial charge in [-0.15, -0.1) is 0 Å². The molecule has 0 heterocycles. The number of nitrogens with zero attached hydrogens (tertiary/aromatic N) is 1. The summed E-state index contributed by atoms with van der Waals surface area (Å²) >= 11 is 6.06. The van der Waals surface area contributed by atoms with Crippen LogP contribution >= 0.6 is 11.6 Å². The Kier molecular flexibility index (Phi) is 4.78. The molecular formula is C16H14ClNO4. The molecule has 114 valence electrons. The first-order valence-electron chi connectivity index (χ1n) is 6.55. The number of carbonyl (C=O) groups is 1. The van der Waals surface area contributed by atoms with E-state index in [0.29, 0.717) is 27.5 Å². The van der Waals surface area contributed by atoms with Gasteiger partial charge in [0.2, 0.25) is 0 Å². The van der Waals surface area contributed by atoms with Crippen LogP contribution in [0.3, 0.4) is 0 Å². The largest absolute Gasteiger partial charge is 0.487 e. The maximum absolute atomic E-state index is 11.3. The van der Waals surface area contributed by atoms with Crippen LogP contribution in [0, 0.1) is 17.0 Å². The van der Waals surface area contributed by atoms with Crippen LogP contribution in [0.2, 0.25) is 5.02 Å². The van der Waals surface area contributed by atoms with Gasteiger partial charge < -0.3 is 4.74 Å². The summed E-state index contributed by atoms with van der Waals surface area (Å²) in [5.74, 6) is 0.345. The molecule has 0 aliphatic carbocycles. The van der Waals surface area contributed by atoms with Crippen molar-refractivity contribution in [3.8, 4) is 5.75 Å². The molecule has 5 nitrogen and oxygen atoms in total. The second-order valence-electron chi connectivity index (χ2n) is 4.87. The number of halogens is 1. The molecule has 0 atom stereocenters. The molecule has 0 N–H and O–H groups in total. The molecule has 0 aliphatic rings. The van der Waals surface area contributed by atoms with Crippen molar-refractivity contribution in [1.82, 2.24) is 0 Å². The molecule has 0 fully saturated rings. The summed E-state index contributed by atoms with van der Waals surface area (Å²) in [6.45, 7) is 3.29. The summed E-state index contributed by atoms with van der Waals surface area (Å²) in [5, 5.41) is 11.2. The molecule has 0 aromatic heterocycles. The summed E-state index contributed by atoms with van der Waals surface area (Å²) in [7, 11) is 0. The highest BCUT2D eigenvalue weighted by Gasteiger charge is 2.12. The highest BCUT2D eigenvalue weighted by molar-refractivity contribution is 6.32. The van der Waals surface area contributed by atoms with E-state index in [-0.39, 0.29) is 18.1 Å². The first-order valence-corrected chi connectivity index (χ1v) is 6.93. The Balaban J connectivity index is 2.15. The van der Waals surface area contributed by atoms with E-state index >= 15 is 0 Å². The average Bonchev–Trinajstić information content (AvgIpc) is 2.46. The van der Waals surface area contributed by atoms with Gasteiger partial charge in [0.15, 0.2) is 5.78 Å². The van der Waals surface area contributed by atoms with E-state index in [1.807, 2.05) is 0 Å². The summed E-state index contributed by atoms with van der Waals surface area (Å²) in [6.07, 6.45) is 0. The van der Waals surface area contributed by atoms with E-state index < -0.39 is 4.92 Å². The van der Waals surface area contributed by atoms with Gasteiger partial charge in [-0.05, 0) is 37.6 Å². The van der Waals surface area contributed by atoms with Crippen LogP contribution in [0.15, 0.2) is 36.4 Å². The Morgan fingerprint density at radius 2 is 2.00 bits per heavy atom. The Hall–Kier alpha value is -2.40. The molecule has 2 rings (SSSR count). The number of aryl methyl sites for hydroxylation is 1. The van der Waals surface area contributed by atoms with Gasteiger partial charge in [-0.1, -0.05) is 23.7 Å². The number of nitro benzene ring substituents is 1. The fraction of sp³-hybridized carbons (Fsp3) is 0.188. The van der Waals surface area contributed by atoms with Gasteiger partial charge in [0, 0.05) is 17.2 Å². The zero-order chi connectivity index (χ0) is 16.3. The van der Waals surface area contributed by atoms with Crippen molar-refractivity contribution < 1.29 is 14.5 Å². The first-order chi connectivity index (χ1) is 10.4. The van der Waals surface area contributed by atoms with Gasteiger partial charge in [0.05, 0.1) is 9.95 Å². The highest BCUT2D eigenvalue weighted by atomic mass is 35.5. The predicted molar refractivity (Wildman–Crippen MR) is 83.6 cm³/mol. The lowest BCUT2D eigenvalue weighted by Crippen LogP contribution is -2.00. The van der Waals surface area contributed by atoms with Gasteiger partial charge in [0.1, 0.15) is 12.4 Å². The minimum absolute atomic E-state index is 0.0547. The molecular weight excluding hydrogens is 306 g/mol. The lowest BCUT2D eigenvalue weighted by atomic mass is 10.1. The normalized spacial score (nSPS) is 10.3. The van der Waals surface area contributed by atoms with Crippen molar-refractivity contribution in [2.75, 3.05) is 0 Å². The number of Topliss-reactive ketones (excluding diaryl/α,β-unsaturated/α-hetero) is 1. The summed E-state index contributed by atoms with van der Waals surface area (Å²) in [4.78, 5) is 21.8. The Morgan fingerprint density at radius 1 is 1.27 bits per heavy atom. The topological polar surface area (TPSA) is 69.4 Å². The smallest absolute Gasteiger partial charge is 0.272 e. The monoisotopic (exact) mass is 319 g/mol. The van der Waals surface area contributed by atoms with Gasteiger partial charge in [-0.3, -0.25) is 14.9 Å². The maximum atomic E-state index is 11.3. The van der Waals surface area contributed by atoms with E-state index in [4.69, 9.17) is 16.3 Å². The fourth-order valence-corrected chi connectivity index (χ4v) is 2.17. The Bertz CT molecular complexity index is 743. The molecule has 0 saturated heterocycles.